The highest BCUT2D eigenvalue weighted by Gasteiger charge is 2.48. The summed E-state index contributed by atoms with van der Waals surface area (Å²) in [5.74, 6) is 0. The minimum Gasteiger partial charge on any atom is -0.380 e. The van der Waals surface area contributed by atoms with Crippen LogP contribution in [0.25, 0.3) is 0 Å². The molecule has 0 aliphatic carbocycles. The van der Waals surface area contributed by atoms with E-state index >= 15 is 0 Å². The Bertz CT molecular complexity index is 264. The van der Waals surface area contributed by atoms with Crippen molar-refractivity contribution >= 4 is 0 Å². The van der Waals surface area contributed by atoms with E-state index in [1.165, 1.54) is 39.3 Å². The molecule has 19 heavy (non-hydrogen) atoms. The van der Waals surface area contributed by atoms with Crippen LogP contribution in [-0.4, -0.2) is 88.3 Å². The molecule has 112 valence electrons. The molecule has 0 aromatic carbocycles. The van der Waals surface area contributed by atoms with Gasteiger partial charge in [0.05, 0.1) is 13.2 Å². The van der Waals surface area contributed by atoms with Crippen molar-refractivity contribution in [1.29, 1.82) is 0 Å². The van der Waals surface area contributed by atoms with Crippen molar-refractivity contribution < 1.29 is 4.74 Å². The fourth-order valence-corrected chi connectivity index (χ4v) is 4.07. The Morgan fingerprint density at radius 3 is 1.11 bits per heavy atom. The van der Waals surface area contributed by atoms with Gasteiger partial charge in [0.15, 0.2) is 0 Å². The van der Waals surface area contributed by atoms with Crippen LogP contribution in [0, 0.1) is 10.8 Å². The van der Waals surface area contributed by atoms with E-state index in [-0.39, 0.29) is 0 Å². The molecule has 4 heterocycles. The first-order valence-corrected chi connectivity index (χ1v) is 7.64. The van der Waals surface area contributed by atoms with Gasteiger partial charge in [-0.3, -0.25) is 0 Å². The maximum Gasteiger partial charge on any atom is 0.0569 e. The van der Waals surface area contributed by atoms with E-state index in [9.17, 15) is 0 Å². The van der Waals surface area contributed by atoms with Crippen LogP contribution in [-0.2, 0) is 4.74 Å². The minimum atomic E-state index is 0.620. The van der Waals surface area contributed by atoms with Crippen molar-refractivity contribution in [3.05, 3.63) is 0 Å². The van der Waals surface area contributed by atoms with Gasteiger partial charge >= 0.3 is 0 Å². The molecule has 2 spiro atoms. The van der Waals surface area contributed by atoms with Crippen LogP contribution >= 0.6 is 0 Å². The third kappa shape index (κ3) is 3.13. The summed E-state index contributed by atoms with van der Waals surface area (Å²) < 4.78 is 5.10. The summed E-state index contributed by atoms with van der Waals surface area (Å²) in [4.78, 5) is 7.13. The van der Waals surface area contributed by atoms with Crippen molar-refractivity contribution in [3.63, 3.8) is 0 Å². The molecule has 0 saturated carbocycles. The molecule has 0 bridgehead atoms. The summed E-state index contributed by atoms with van der Waals surface area (Å²) in [5.41, 5.74) is 1.36. The number of hydrogen-bond donors (Lipinski definition) is 0. The maximum absolute atomic E-state index is 5.10. The van der Waals surface area contributed by atoms with Gasteiger partial charge in [0, 0.05) is 50.1 Å². The molecule has 0 amide bonds. The molecule has 0 atom stereocenters. The quantitative estimate of drug-likeness (QED) is 0.648. The third-order valence-electron chi connectivity index (χ3n) is 4.45. The predicted octanol–water partition coefficient (Wildman–Crippen LogP) is 0.838. The Kier molecular flexibility index (Phi) is 4.56. The van der Waals surface area contributed by atoms with E-state index in [1.54, 1.807) is 0 Å². The van der Waals surface area contributed by atoms with E-state index in [4.69, 9.17) is 4.74 Å². The zero-order valence-electron chi connectivity index (χ0n) is 13.4. The zero-order chi connectivity index (χ0) is 14.1. The Balaban J connectivity index is 0.000000125. The van der Waals surface area contributed by atoms with E-state index in [0.29, 0.717) is 5.41 Å². The highest BCUT2D eigenvalue weighted by Crippen LogP contribution is 2.37. The lowest BCUT2D eigenvalue weighted by Crippen LogP contribution is -2.70. The van der Waals surface area contributed by atoms with E-state index in [0.717, 1.165) is 18.6 Å². The molecule has 4 rings (SSSR count). The molecule has 4 aliphatic heterocycles. The van der Waals surface area contributed by atoms with Crippen molar-refractivity contribution in [2.75, 3.05) is 73.6 Å². The van der Waals surface area contributed by atoms with Crippen LogP contribution in [0.2, 0.25) is 0 Å². The lowest BCUT2D eigenvalue weighted by Gasteiger charge is -2.58. The first kappa shape index (κ1) is 15.2. The zero-order valence-corrected chi connectivity index (χ0v) is 13.4. The van der Waals surface area contributed by atoms with Crippen LogP contribution in [0.4, 0.5) is 0 Å². The summed E-state index contributed by atoms with van der Waals surface area (Å²) in [6.45, 7) is 13.9. The second-order valence-electron chi connectivity index (χ2n) is 7.01. The summed E-state index contributed by atoms with van der Waals surface area (Å²) in [7, 11) is 6.55. The summed E-state index contributed by atoms with van der Waals surface area (Å²) in [6, 6.07) is 0. The Labute approximate surface area is 118 Å². The van der Waals surface area contributed by atoms with E-state index < -0.39 is 0 Å². The molecule has 0 radical (unpaired) electrons. The van der Waals surface area contributed by atoms with Crippen molar-refractivity contribution in [2.45, 2.75) is 13.8 Å². The number of ether oxygens (including phenoxy) is 1. The standard InChI is InChI=1S/C7H14N2.C6H11NO.C2H6/c1-8-3-7(4-8)5-9(2)6-7;1-7-2-6(3-7)4-8-5-6;1-2/h3-6H2,1-2H3;2-5H2,1H3;1-2H3. The summed E-state index contributed by atoms with van der Waals surface area (Å²) in [5, 5.41) is 0. The van der Waals surface area contributed by atoms with Crippen molar-refractivity contribution in [1.82, 2.24) is 14.7 Å². The van der Waals surface area contributed by atoms with Crippen molar-refractivity contribution in [3.8, 4) is 0 Å². The van der Waals surface area contributed by atoms with E-state index in [2.05, 4.69) is 35.8 Å². The largest absolute Gasteiger partial charge is 0.380 e. The number of hydrogen-bond acceptors (Lipinski definition) is 4. The molecular formula is C15H31N3O. The summed E-state index contributed by atoms with van der Waals surface area (Å²) >= 11 is 0. The first-order chi connectivity index (χ1) is 9.01. The minimum absolute atomic E-state index is 0.620. The molecule has 0 aromatic rings. The number of likely N-dealkylation sites (tertiary alicyclic amines) is 3. The predicted molar refractivity (Wildman–Crippen MR) is 79.5 cm³/mol. The van der Waals surface area contributed by atoms with Crippen LogP contribution in [0.5, 0.6) is 0 Å². The lowest BCUT2D eigenvalue weighted by molar-refractivity contribution is -0.182. The van der Waals surface area contributed by atoms with E-state index in [1.807, 2.05) is 13.8 Å². The second-order valence-corrected chi connectivity index (χ2v) is 7.01. The molecule has 4 fully saturated rings. The molecule has 0 unspecified atom stereocenters. The SMILES string of the molecule is CC.CN1CC2(C1)CN(C)C2.CN1CC2(COC2)C1. The van der Waals surface area contributed by atoms with Gasteiger partial charge < -0.3 is 19.4 Å². The van der Waals surface area contributed by atoms with Gasteiger partial charge in [0.25, 0.3) is 0 Å². The molecule has 4 saturated heterocycles. The van der Waals surface area contributed by atoms with Gasteiger partial charge in [0.2, 0.25) is 0 Å². The highest BCUT2D eigenvalue weighted by atomic mass is 16.5. The normalized spacial score (nSPS) is 30.8. The average Bonchev–Trinajstić information content (AvgIpc) is 2.22. The molecule has 4 aliphatic rings. The number of nitrogens with zero attached hydrogens (tertiary/aromatic N) is 3. The molecule has 0 aromatic heterocycles. The Hall–Kier alpha value is -0.160. The van der Waals surface area contributed by atoms with Gasteiger partial charge in [-0.05, 0) is 21.1 Å². The first-order valence-electron chi connectivity index (χ1n) is 7.64. The number of rotatable bonds is 0. The Morgan fingerprint density at radius 2 is 0.947 bits per heavy atom. The topological polar surface area (TPSA) is 19.0 Å². The van der Waals surface area contributed by atoms with Crippen LogP contribution < -0.4 is 0 Å². The van der Waals surface area contributed by atoms with Gasteiger partial charge in [-0.15, -0.1) is 0 Å². The van der Waals surface area contributed by atoms with Gasteiger partial charge in [-0.2, -0.15) is 0 Å². The van der Waals surface area contributed by atoms with Crippen molar-refractivity contribution in [2.24, 2.45) is 10.8 Å². The van der Waals surface area contributed by atoms with Gasteiger partial charge in [-0.25, -0.2) is 0 Å². The van der Waals surface area contributed by atoms with Gasteiger partial charge in [0.1, 0.15) is 0 Å². The third-order valence-corrected chi connectivity index (χ3v) is 4.45. The second kappa shape index (κ2) is 5.68. The lowest BCUT2D eigenvalue weighted by atomic mass is 9.74. The Morgan fingerprint density at radius 1 is 0.632 bits per heavy atom. The van der Waals surface area contributed by atoms with Crippen LogP contribution in [0.1, 0.15) is 13.8 Å². The van der Waals surface area contributed by atoms with Crippen LogP contribution in [0.3, 0.4) is 0 Å². The fourth-order valence-electron chi connectivity index (χ4n) is 4.07. The molecule has 0 N–H and O–H groups in total. The summed E-state index contributed by atoms with van der Waals surface area (Å²) in [6.07, 6.45) is 0. The molecule has 4 nitrogen and oxygen atoms in total. The average molecular weight is 269 g/mol. The highest BCUT2D eigenvalue weighted by molar-refractivity contribution is 5.03. The smallest absolute Gasteiger partial charge is 0.0569 e. The van der Waals surface area contributed by atoms with Crippen LogP contribution in [0.15, 0.2) is 0 Å². The fraction of sp³-hybridized carbons (Fsp3) is 1.00. The monoisotopic (exact) mass is 269 g/mol. The molecule has 4 heteroatoms. The van der Waals surface area contributed by atoms with Gasteiger partial charge in [-0.1, -0.05) is 13.8 Å². The molecular weight excluding hydrogens is 238 g/mol. The maximum atomic E-state index is 5.10.